The van der Waals surface area contributed by atoms with Crippen LogP contribution >= 0.6 is 0 Å². The van der Waals surface area contributed by atoms with Crippen LogP contribution in [0.1, 0.15) is 51.5 Å². The lowest BCUT2D eigenvalue weighted by molar-refractivity contribution is 0.0853. The maximum atomic E-state index is 12.9. The molecule has 2 aromatic rings. The Labute approximate surface area is 168 Å². The maximum Gasteiger partial charge on any atom is 0.238 e. The summed E-state index contributed by atoms with van der Waals surface area (Å²) in [6.07, 6.45) is 1.60. The van der Waals surface area contributed by atoms with Crippen molar-refractivity contribution in [2.24, 2.45) is 10.1 Å². The van der Waals surface area contributed by atoms with Gasteiger partial charge in [-0.15, -0.1) is 0 Å². The average Bonchev–Trinajstić information content (AvgIpc) is 2.71. The Bertz CT molecular complexity index is 1130. The molecule has 1 aliphatic heterocycles. The number of aliphatic imine (C=N–C) groups is 1. The number of fused-ring (bicyclic) bond motifs is 1. The van der Waals surface area contributed by atoms with Crippen LogP contribution in [0.2, 0.25) is 0 Å². The van der Waals surface area contributed by atoms with Gasteiger partial charge in [-0.05, 0) is 42.5 Å². The molecule has 7 nitrogen and oxygen atoms in total. The first-order valence-electron chi connectivity index (χ1n) is 9.33. The number of ether oxygens (including phenoxy) is 1. The van der Waals surface area contributed by atoms with Gasteiger partial charge in [-0.2, -0.15) is 0 Å². The Hall–Kier alpha value is -2.68. The van der Waals surface area contributed by atoms with Crippen molar-refractivity contribution in [3.63, 3.8) is 0 Å². The topological polar surface area (TPSA) is 116 Å². The predicted molar refractivity (Wildman–Crippen MR) is 107 cm³/mol. The van der Waals surface area contributed by atoms with E-state index in [4.69, 9.17) is 9.88 Å². The summed E-state index contributed by atoms with van der Waals surface area (Å²) in [5, 5.41) is 5.20. The van der Waals surface area contributed by atoms with Crippen molar-refractivity contribution in [1.29, 1.82) is 0 Å². The van der Waals surface area contributed by atoms with Crippen molar-refractivity contribution in [2.75, 3.05) is 13.2 Å². The first-order chi connectivity index (χ1) is 13.8. The first kappa shape index (κ1) is 19.6. The van der Waals surface area contributed by atoms with E-state index in [0.717, 1.165) is 31.6 Å². The fraction of sp³-hybridized carbons (Fsp3) is 0.286. The Kier molecular flexibility index (Phi) is 5.16. The molecular formula is C21H20N2O5S. The number of ketones is 2. The average molecular weight is 412 g/mol. The number of hydrogen-bond acceptors (Lipinski definition) is 6. The quantitative estimate of drug-likeness (QED) is 0.832. The number of hydrogen-bond donors (Lipinski definition) is 1. The molecule has 0 saturated carbocycles. The summed E-state index contributed by atoms with van der Waals surface area (Å²) < 4.78 is 29.0. The van der Waals surface area contributed by atoms with Crippen LogP contribution in [0.5, 0.6) is 0 Å². The lowest BCUT2D eigenvalue weighted by atomic mass is 9.88. The molecular weight excluding hydrogens is 392 g/mol. The number of sulfonamides is 1. The molecule has 0 radical (unpaired) electrons. The van der Waals surface area contributed by atoms with Gasteiger partial charge in [0.05, 0.1) is 22.7 Å². The molecule has 2 aliphatic rings. The molecule has 1 heterocycles. The smallest absolute Gasteiger partial charge is 0.238 e. The zero-order valence-electron chi connectivity index (χ0n) is 15.6. The van der Waals surface area contributed by atoms with E-state index in [-0.39, 0.29) is 28.2 Å². The summed E-state index contributed by atoms with van der Waals surface area (Å²) in [5.74, 6) is -0.559. The molecule has 0 spiro atoms. The summed E-state index contributed by atoms with van der Waals surface area (Å²) in [7, 11) is -4.12. The van der Waals surface area contributed by atoms with E-state index in [1.165, 1.54) is 18.2 Å². The van der Waals surface area contributed by atoms with Gasteiger partial charge in [-0.25, -0.2) is 18.5 Å². The zero-order valence-corrected chi connectivity index (χ0v) is 16.4. The van der Waals surface area contributed by atoms with E-state index in [2.05, 4.69) is 4.99 Å². The van der Waals surface area contributed by atoms with Crippen molar-refractivity contribution in [2.45, 2.75) is 30.1 Å². The highest BCUT2D eigenvalue weighted by Gasteiger charge is 2.33. The minimum atomic E-state index is -4.12. The van der Waals surface area contributed by atoms with E-state index in [1.807, 2.05) is 18.2 Å². The van der Waals surface area contributed by atoms with Crippen LogP contribution < -0.4 is 5.14 Å². The fourth-order valence-electron chi connectivity index (χ4n) is 3.85. The van der Waals surface area contributed by atoms with Crippen LogP contribution in [0.15, 0.2) is 52.4 Å². The second-order valence-electron chi connectivity index (χ2n) is 7.19. The molecule has 0 amide bonds. The number of carbonyl (C=O) groups excluding carboxylic acids is 2. The highest BCUT2D eigenvalue weighted by Crippen LogP contribution is 2.31. The fourth-order valence-corrected chi connectivity index (χ4v) is 4.62. The molecule has 8 heteroatoms. The molecule has 1 fully saturated rings. The number of Topliss-reactive ketones (excluding diaryl/α,β-unsaturated/α-hetero) is 2. The van der Waals surface area contributed by atoms with Crippen LogP contribution in [-0.2, 0) is 14.8 Å². The summed E-state index contributed by atoms with van der Waals surface area (Å²) >= 11 is 0. The van der Waals surface area contributed by atoms with Crippen molar-refractivity contribution in [1.82, 2.24) is 0 Å². The predicted octanol–water partition coefficient (Wildman–Crippen LogP) is 2.77. The zero-order chi connectivity index (χ0) is 20.6. The molecule has 1 aliphatic carbocycles. The third kappa shape index (κ3) is 3.91. The summed E-state index contributed by atoms with van der Waals surface area (Å²) in [4.78, 5) is 29.6. The van der Waals surface area contributed by atoms with Gasteiger partial charge in [0.15, 0.2) is 5.78 Å². The Morgan fingerprint density at radius 3 is 2.48 bits per heavy atom. The molecule has 4 rings (SSSR count). The Morgan fingerprint density at radius 1 is 1.03 bits per heavy atom. The Morgan fingerprint density at radius 2 is 1.76 bits per heavy atom. The van der Waals surface area contributed by atoms with Crippen LogP contribution in [0.25, 0.3) is 0 Å². The molecule has 0 unspecified atom stereocenters. The maximum absolute atomic E-state index is 12.9. The first-order valence-corrected chi connectivity index (χ1v) is 10.9. The third-order valence-electron chi connectivity index (χ3n) is 5.27. The standard InChI is InChI=1S/C21H20N2O5S/c22-29(26,27)19-6-2-5-16-20(19)18(24)12-17(21(16)25)23-15-4-1-3-14(11-15)13-7-9-28-10-8-13/h1-6,11,13H,7-10,12H2,(H2,22,26,27). The molecule has 0 atom stereocenters. The SMILES string of the molecule is NS(=O)(=O)c1cccc2c1C(=O)CC(=Nc1cccc(C3CCOCC3)c1)C2=O. The molecule has 150 valence electrons. The van der Waals surface area contributed by atoms with Gasteiger partial charge < -0.3 is 4.74 Å². The monoisotopic (exact) mass is 412 g/mol. The van der Waals surface area contributed by atoms with Gasteiger partial charge in [0, 0.05) is 24.3 Å². The van der Waals surface area contributed by atoms with Crippen molar-refractivity contribution in [3.05, 3.63) is 59.2 Å². The number of rotatable bonds is 3. The van der Waals surface area contributed by atoms with Crippen LogP contribution in [0.4, 0.5) is 5.69 Å². The Balaban J connectivity index is 1.71. The number of nitrogens with zero attached hydrogens (tertiary/aromatic N) is 1. The largest absolute Gasteiger partial charge is 0.381 e. The van der Waals surface area contributed by atoms with E-state index >= 15 is 0 Å². The van der Waals surface area contributed by atoms with Crippen molar-refractivity contribution < 1.29 is 22.7 Å². The number of primary sulfonamides is 1. The second-order valence-corrected chi connectivity index (χ2v) is 8.72. The van der Waals surface area contributed by atoms with Crippen LogP contribution in [-0.4, -0.2) is 38.9 Å². The lowest BCUT2D eigenvalue weighted by Gasteiger charge is -2.22. The lowest BCUT2D eigenvalue weighted by Crippen LogP contribution is -2.30. The van der Waals surface area contributed by atoms with E-state index in [0.29, 0.717) is 11.6 Å². The molecule has 29 heavy (non-hydrogen) atoms. The third-order valence-corrected chi connectivity index (χ3v) is 6.23. The molecule has 2 aromatic carbocycles. The van der Waals surface area contributed by atoms with Gasteiger partial charge in [0.2, 0.25) is 15.8 Å². The summed E-state index contributed by atoms with van der Waals surface area (Å²) in [6, 6.07) is 11.7. The number of carbonyl (C=O) groups is 2. The molecule has 0 bridgehead atoms. The minimum Gasteiger partial charge on any atom is -0.381 e. The van der Waals surface area contributed by atoms with Gasteiger partial charge in [0.1, 0.15) is 0 Å². The van der Waals surface area contributed by atoms with E-state index < -0.39 is 21.6 Å². The molecule has 2 N–H and O–H groups in total. The summed E-state index contributed by atoms with van der Waals surface area (Å²) in [6.45, 7) is 1.44. The van der Waals surface area contributed by atoms with Crippen molar-refractivity contribution >= 4 is 33.0 Å². The van der Waals surface area contributed by atoms with Gasteiger partial charge >= 0.3 is 0 Å². The second kappa shape index (κ2) is 7.62. The molecule has 1 saturated heterocycles. The normalized spacial score (nSPS) is 19.4. The van der Waals surface area contributed by atoms with Crippen LogP contribution in [0.3, 0.4) is 0 Å². The van der Waals surface area contributed by atoms with Gasteiger partial charge in [0.25, 0.3) is 0 Å². The number of nitrogens with two attached hydrogens (primary N) is 1. The minimum absolute atomic E-state index is 0.0205. The van der Waals surface area contributed by atoms with E-state index in [1.54, 1.807) is 6.07 Å². The highest BCUT2D eigenvalue weighted by molar-refractivity contribution is 7.89. The summed E-state index contributed by atoms with van der Waals surface area (Å²) in [5.41, 5.74) is 1.69. The van der Waals surface area contributed by atoms with Gasteiger partial charge in [-0.3, -0.25) is 9.59 Å². The van der Waals surface area contributed by atoms with Crippen LogP contribution in [0, 0.1) is 0 Å². The number of benzene rings is 2. The molecule has 0 aromatic heterocycles. The highest BCUT2D eigenvalue weighted by atomic mass is 32.2. The van der Waals surface area contributed by atoms with E-state index in [9.17, 15) is 18.0 Å². The van der Waals surface area contributed by atoms with Gasteiger partial charge in [-0.1, -0.05) is 24.3 Å². The van der Waals surface area contributed by atoms with Crippen molar-refractivity contribution in [3.8, 4) is 0 Å².